The molecule has 2 atom stereocenters. The second-order valence-corrected chi connectivity index (χ2v) is 4.72. The molecule has 0 bridgehead atoms. The van der Waals surface area contributed by atoms with Crippen LogP contribution >= 0.6 is 12.2 Å². The van der Waals surface area contributed by atoms with Crippen molar-refractivity contribution in [3.8, 4) is 0 Å². The Hall–Kier alpha value is -1.23. The van der Waals surface area contributed by atoms with Gasteiger partial charge in [0.2, 0.25) is 0 Å². The van der Waals surface area contributed by atoms with E-state index < -0.39 is 0 Å². The van der Waals surface area contributed by atoms with Crippen molar-refractivity contribution in [2.75, 3.05) is 5.32 Å². The number of nitrogens with zero attached hydrogens (tertiary/aromatic N) is 2. The molecular formula is C11H16N4S. The SMILES string of the molecule is CC1CCCC1Nc1nccnc1C(N)=S. The predicted molar refractivity (Wildman–Crippen MR) is 68.3 cm³/mol. The number of thiocarbonyl (C=S) groups is 1. The first-order valence-corrected chi connectivity index (χ1v) is 5.96. The van der Waals surface area contributed by atoms with Crippen LogP contribution in [0.25, 0.3) is 0 Å². The lowest BCUT2D eigenvalue weighted by molar-refractivity contribution is 0.554. The monoisotopic (exact) mass is 236 g/mol. The van der Waals surface area contributed by atoms with Crippen LogP contribution in [-0.4, -0.2) is 21.0 Å². The highest BCUT2D eigenvalue weighted by Crippen LogP contribution is 2.27. The summed E-state index contributed by atoms with van der Waals surface area (Å²) in [6, 6.07) is 0.463. The largest absolute Gasteiger partial charge is 0.388 e. The van der Waals surface area contributed by atoms with Gasteiger partial charge in [0.25, 0.3) is 0 Å². The maximum absolute atomic E-state index is 5.61. The fraction of sp³-hybridized carbons (Fsp3) is 0.545. The maximum Gasteiger partial charge on any atom is 0.155 e. The Balaban J connectivity index is 2.17. The number of rotatable bonds is 3. The zero-order valence-electron chi connectivity index (χ0n) is 9.31. The van der Waals surface area contributed by atoms with Crippen molar-refractivity contribution in [2.24, 2.45) is 11.7 Å². The van der Waals surface area contributed by atoms with Gasteiger partial charge >= 0.3 is 0 Å². The molecular weight excluding hydrogens is 220 g/mol. The normalized spacial score (nSPS) is 24.3. The average Bonchev–Trinajstić information content (AvgIpc) is 2.65. The molecule has 1 aliphatic rings. The third-order valence-electron chi connectivity index (χ3n) is 3.12. The molecule has 2 unspecified atom stereocenters. The van der Waals surface area contributed by atoms with E-state index in [9.17, 15) is 0 Å². The summed E-state index contributed by atoms with van der Waals surface area (Å²) in [7, 11) is 0. The molecule has 0 aromatic carbocycles. The summed E-state index contributed by atoms with van der Waals surface area (Å²) >= 11 is 4.96. The first-order chi connectivity index (χ1) is 7.68. The highest BCUT2D eigenvalue weighted by atomic mass is 32.1. The summed E-state index contributed by atoms with van der Waals surface area (Å²) in [4.78, 5) is 8.70. The minimum Gasteiger partial charge on any atom is -0.388 e. The molecule has 0 saturated heterocycles. The van der Waals surface area contributed by atoms with E-state index in [4.69, 9.17) is 18.0 Å². The second-order valence-electron chi connectivity index (χ2n) is 4.28. The Kier molecular flexibility index (Phi) is 3.33. The van der Waals surface area contributed by atoms with E-state index in [-0.39, 0.29) is 0 Å². The van der Waals surface area contributed by atoms with Crippen LogP contribution < -0.4 is 11.1 Å². The van der Waals surface area contributed by atoms with Gasteiger partial charge < -0.3 is 11.1 Å². The molecule has 1 saturated carbocycles. The minimum atomic E-state index is 0.293. The van der Waals surface area contributed by atoms with Crippen LogP contribution in [-0.2, 0) is 0 Å². The molecule has 86 valence electrons. The summed E-state index contributed by atoms with van der Waals surface area (Å²) in [5, 5.41) is 3.40. The molecule has 4 nitrogen and oxygen atoms in total. The molecule has 1 fully saturated rings. The highest BCUT2D eigenvalue weighted by molar-refractivity contribution is 7.80. The van der Waals surface area contributed by atoms with Gasteiger partial charge in [-0.3, -0.25) is 0 Å². The molecule has 1 aromatic heterocycles. The van der Waals surface area contributed by atoms with Gasteiger partial charge in [0.15, 0.2) is 5.82 Å². The summed E-state index contributed by atoms with van der Waals surface area (Å²) in [5.74, 6) is 1.38. The maximum atomic E-state index is 5.61. The number of anilines is 1. The summed E-state index contributed by atoms with van der Waals surface area (Å²) in [5.41, 5.74) is 6.21. The second kappa shape index (κ2) is 4.74. The van der Waals surface area contributed by atoms with Gasteiger partial charge in [-0.1, -0.05) is 25.6 Å². The molecule has 1 aromatic rings. The topological polar surface area (TPSA) is 63.8 Å². The Bertz CT molecular complexity index is 393. The molecule has 3 N–H and O–H groups in total. The lowest BCUT2D eigenvalue weighted by Crippen LogP contribution is -2.25. The van der Waals surface area contributed by atoms with Gasteiger partial charge in [0.05, 0.1) is 0 Å². The van der Waals surface area contributed by atoms with E-state index in [1.54, 1.807) is 12.4 Å². The van der Waals surface area contributed by atoms with E-state index in [0.717, 1.165) is 0 Å². The van der Waals surface area contributed by atoms with Crippen LogP contribution in [0.1, 0.15) is 31.9 Å². The number of aromatic nitrogens is 2. The van der Waals surface area contributed by atoms with Crippen LogP contribution in [0.3, 0.4) is 0 Å². The van der Waals surface area contributed by atoms with Gasteiger partial charge in [0.1, 0.15) is 10.7 Å². The fourth-order valence-corrected chi connectivity index (χ4v) is 2.31. The Morgan fingerprint density at radius 2 is 2.19 bits per heavy atom. The molecule has 0 spiro atoms. The highest BCUT2D eigenvalue weighted by Gasteiger charge is 2.24. The predicted octanol–water partition coefficient (Wildman–Crippen LogP) is 1.71. The van der Waals surface area contributed by atoms with E-state index in [0.29, 0.717) is 28.5 Å². The standard InChI is InChI=1S/C11H16N4S/c1-7-3-2-4-8(7)15-11-9(10(12)16)13-5-6-14-11/h5-8H,2-4H2,1H3,(H2,12,16)(H,14,15). The van der Waals surface area contributed by atoms with Crippen molar-refractivity contribution in [3.63, 3.8) is 0 Å². The molecule has 16 heavy (non-hydrogen) atoms. The van der Waals surface area contributed by atoms with Gasteiger partial charge in [-0.05, 0) is 18.8 Å². The third kappa shape index (κ3) is 2.29. The molecule has 0 aliphatic heterocycles. The molecule has 5 heteroatoms. The minimum absolute atomic E-state index is 0.293. The summed E-state index contributed by atoms with van der Waals surface area (Å²) in [6.45, 7) is 2.25. The number of nitrogens with one attached hydrogen (secondary N) is 1. The van der Waals surface area contributed by atoms with Crippen molar-refractivity contribution in [1.29, 1.82) is 0 Å². The molecule has 1 aliphatic carbocycles. The zero-order chi connectivity index (χ0) is 11.5. The van der Waals surface area contributed by atoms with Gasteiger partial charge in [-0.25, -0.2) is 9.97 Å². The fourth-order valence-electron chi connectivity index (χ4n) is 2.16. The van der Waals surface area contributed by atoms with Crippen LogP contribution in [0.2, 0.25) is 0 Å². The van der Waals surface area contributed by atoms with Crippen molar-refractivity contribution in [3.05, 3.63) is 18.1 Å². The summed E-state index contributed by atoms with van der Waals surface area (Å²) < 4.78 is 0. The first-order valence-electron chi connectivity index (χ1n) is 5.56. The lowest BCUT2D eigenvalue weighted by Gasteiger charge is -2.18. The quantitative estimate of drug-likeness (QED) is 0.782. The van der Waals surface area contributed by atoms with Gasteiger partial charge in [-0.15, -0.1) is 0 Å². The van der Waals surface area contributed by atoms with Crippen molar-refractivity contribution < 1.29 is 0 Å². The third-order valence-corrected chi connectivity index (χ3v) is 3.31. The number of hydrogen-bond donors (Lipinski definition) is 2. The van der Waals surface area contributed by atoms with E-state index >= 15 is 0 Å². The van der Waals surface area contributed by atoms with Crippen LogP contribution in [0.4, 0.5) is 5.82 Å². The Labute approximate surface area is 101 Å². The molecule has 1 heterocycles. The number of hydrogen-bond acceptors (Lipinski definition) is 4. The number of nitrogens with two attached hydrogens (primary N) is 1. The van der Waals surface area contributed by atoms with E-state index in [1.165, 1.54) is 19.3 Å². The Morgan fingerprint density at radius 3 is 2.81 bits per heavy atom. The molecule has 0 amide bonds. The van der Waals surface area contributed by atoms with E-state index in [2.05, 4.69) is 22.2 Å². The van der Waals surface area contributed by atoms with Crippen molar-refractivity contribution in [2.45, 2.75) is 32.2 Å². The first kappa shape index (κ1) is 11.3. The average molecular weight is 236 g/mol. The van der Waals surface area contributed by atoms with Crippen LogP contribution in [0, 0.1) is 5.92 Å². The van der Waals surface area contributed by atoms with Gasteiger partial charge in [-0.2, -0.15) is 0 Å². The van der Waals surface area contributed by atoms with Crippen LogP contribution in [0.5, 0.6) is 0 Å². The summed E-state index contributed by atoms with van der Waals surface area (Å²) in [6.07, 6.45) is 6.97. The Morgan fingerprint density at radius 1 is 1.44 bits per heavy atom. The zero-order valence-corrected chi connectivity index (χ0v) is 10.1. The van der Waals surface area contributed by atoms with Crippen molar-refractivity contribution in [1.82, 2.24) is 9.97 Å². The van der Waals surface area contributed by atoms with Crippen molar-refractivity contribution >= 4 is 23.0 Å². The van der Waals surface area contributed by atoms with Crippen LogP contribution in [0.15, 0.2) is 12.4 Å². The smallest absolute Gasteiger partial charge is 0.155 e. The lowest BCUT2D eigenvalue weighted by atomic mass is 10.1. The van der Waals surface area contributed by atoms with E-state index in [1.807, 2.05) is 0 Å². The molecule has 0 radical (unpaired) electrons. The van der Waals surface area contributed by atoms with Gasteiger partial charge in [0, 0.05) is 18.4 Å². The molecule has 2 rings (SSSR count).